The molecule has 0 spiro atoms. The van der Waals surface area contributed by atoms with Gasteiger partial charge in [-0.1, -0.05) is 30.3 Å². The number of nitrogens with zero attached hydrogens (tertiary/aromatic N) is 2. The summed E-state index contributed by atoms with van der Waals surface area (Å²) in [5.41, 5.74) is 2.07. The van der Waals surface area contributed by atoms with Crippen LogP contribution in [0.2, 0.25) is 0 Å². The summed E-state index contributed by atoms with van der Waals surface area (Å²) in [5, 5.41) is 1.00. The molecule has 1 aliphatic carbocycles. The van der Waals surface area contributed by atoms with Crippen LogP contribution in [0, 0.1) is 0 Å². The maximum absolute atomic E-state index is 12.9. The average Bonchev–Trinajstić information content (AvgIpc) is 3.02. The van der Waals surface area contributed by atoms with Crippen molar-refractivity contribution >= 4 is 17.0 Å². The highest BCUT2D eigenvalue weighted by Gasteiger charge is 2.51. The fraction of sp³-hybridized carbons (Fsp3) is 0.400. The average molecular weight is 418 g/mol. The predicted molar refractivity (Wildman–Crippen MR) is 119 cm³/mol. The summed E-state index contributed by atoms with van der Waals surface area (Å²) >= 11 is 0. The Labute approximate surface area is 181 Å². The third kappa shape index (κ3) is 3.50. The van der Waals surface area contributed by atoms with E-state index in [0.29, 0.717) is 0 Å². The highest BCUT2D eigenvalue weighted by atomic mass is 16.6. The molecule has 5 rings (SSSR count). The molecule has 1 aliphatic heterocycles. The van der Waals surface area contributed by atoms with E-state index < -0.39 is 5.60 Å². The van der Waals surface area contributed by atoms with Crippen molar-refractivity contribution in [1.82, 2.24) is 14.9 Å². The molecule has 1 amide bonds. The lowest BCUT2D eigenvalue weighted by Crippen LogP contribution is -2.42. The highest BCUT2D eigenvalue weighted by molar-refractivity contribution is 5.77. The number of fused-ring (bicyclic) bond motifs is 1. The Kier molecular flexibility index (Phi) is 4.80. The molecular weight excluding hydrogens is 390 g/mol. The number of pyridine rings is 2. The molecule has 2 fully saturated rings. The number of cyclic esters (lactones) is 1. The molecular formula is C25H27N3O3. The highest BCUT2D eigenvalue weighted by Crippen LogP contribution is 2.45. The first-order chi connectivity index (χ1) is 14.9. The summed E-state index contributed by atoms with van der Waals surface area (Å²) in [6.45, 7) is 3.97. The molecule has 1 saturated carbocycles. The van der Waals surface area contributed by atoms with Crippen LogP contribution >= 0.6 is 0 Å². The number of rotatable bonds is 3. The second kappa shape index (κ2) is 7.52. The molecule has 1 atom stereocenters. The number of hydrogen-bond acceptors (Lipinski definition) is 4. The van der Waals surface area contributed by atoms with Gasteiger partial charge < -0.3 is 9.72 Å². The van der Waals surface area contributed by atoms with Gasteiger partial charge in [-0.2, -0.15) is 0 Å². The number of carbonyl (C=O) groups excluding carboxylic acids is 1. The van der Waals surface area contributed by atoms with Crippen LogP contribution in [0.4, 0.5) is 4.79 Å². The van der Waals surface area contributed by atoms with E-state index in [9.17, 15) is 9.59 Å². The molecule has 2 aliphatic rings. The molecule has 6 heteroatoms. The molecule has 1 N–H and O–H groups in total. The molecule has 1 unspecified atom stereocenters. The van der Waals surface area contributed by atoms with Gasteiger partial charge in [-0.3, -0.25) is 14.7 Å². The Morgan fingerprint density at radius 1 is 1.06 bits per heavy atom. The summed E-state index contributed by atoms with van der Waals surface area (Å²) in [5.74, 6) is 0.194. The number of H-pyrrole nitrogens is 1. The van der Waals surface area contributed by atoms with E-state index in [1.165, 1.54) is 0 Å². The molecule has 1 aromatic carbocycles. The van der Waals surface area contributed by atoms with Crippen LogP contribution in [0.25, 0.3) is 10.9 Å². The minimum absolute atomic E-state index is 0.0344. The van der Waals surface area contributed by atoms with E-state index in [2.05, 4.69) is 22.1 Å². The number of ether oxygens (including phenoxy) is 1. The maximum Gasteiger partial charge on any atom is 0.411 e. The van der Waals surface area contributed by atoms with Gasteiger partial charge in [-0.05, 0) is 63.1 Å². The van der Waals surface area contributed by atoms with Crippen molar-refractivity contribution in [3.8, 4) is 0 Å². The van der Waals surface area contributed by atoms with Crippen molar-refractivity contribution < 1.29 is 9.53 Å². The first kappa shape index (κ1) is 19.8. The Morgan fingerprint density at radius 2 is 1.81 bits per heavy atom. The van der Waals surface area contributed by atoms with E-state index in [-0.39, 0.29) is 29.7 Å². The number of carbonyl (C=O) groups is 1. The van der Waals surface area contributed by atoms with Crippen molar-refractivity contribution in [3.05, 3.63) is 76.3 Å². The third-order valence-electron chi connectivity index (χ3n) is 6.82. The SMILES string of the molecule is CC1(C)OC(=O)N(C2CCC(c3cc4ccncc4[nH]c3=O)CC2)C1c1ccccc1. The zero-order valence-corrected chi connectivity index (χ0v) is 17.9. The van der Waals surface area contributed by atoms with Gasteiger partial charge >= 0.3 is 6.09 Å². The van der Waals surface area contributed by atoms with E-state index in [0.717, 1.165) is 47.7 Å². The number of nitrogens with one attached hydrogen (secondary N) is 1. The van der Waals surface area contributed by atoms with Gasteiger partial charge in [0.25, 0.3) is 5.56 Å². The number of hydrogen-bond donors (Lipinski definition) is 1. The minimum Gasteiger partial charge on any atom is -0.441 e. The van der Waals surface area contributed by atoms with E-state index in [1.54, 1.807) is 12.4 Å². The summed E-state index contributed by atoms with van der Waals surface area (Å²) in [7, 11) is 0. The van der Waals surface area contributed by atoms with Gasteiger partial charge in [0.2, 0.25) is 0 Å². The summed E-state index contributed by atoms with van der Waals surface area (Å²) in [6.07, 6.45) is 6.64. The topological polar surface area (TPSA) is 75.3 Å². The Morgan fingerprint density at radius 3 is 2.55 bits per heavy atom. The van der Waals surface area contributed by atoms with E-state index >= 15 is 0 Å². The van der Waals surface area contributed by atoms with E-state index in [4.69, 9.17) is 4.74 Å². The van der Waals surface area contributed by atoms with Gasteiger partial charge in [0.05, 0.1) is 17.8 Å². The molecule has 31 heavy (non-hydrogen) atoms. The number of amides is 1. The van der Waals surface area contributed by atoms with Crippen LogP contribution in [-0.4, -0.2) is 32.6 Å². The number of aromatic nitrogens is 2. The van der Waals surface area contributed by atoms with Gasteiger partial charge in [-0.15, -0.1) is 0 Å². The third-order valence-corrected chi connectivity index (χ3v) is 6.82. The van der Waals surface area contributed by atoms with Crippen LogP contribution in [0.5, 0.6) is 0 Å². The van der Waals surface area contributed by atoms with Crippen LogP contribution in [0.1, 0.15) is 62.6 Å². The zero-order valence-electron chi connectivity index (χ0n) is 17.9. The lowest BCUT2D eigenvalue weighted by molar-refractivity contribution is 0.0664. The fourth-order valence-corrected chi connectivity index (χ4v) is 5.36. The van der Waals surface area contributed by atoms with Gasteiger partial charge in [0.15, 0.2) is 0 Å². The molecule has 3 aromatic rings. The monoisotopic (exact) mass is 417 g/mol. The quantitative estimate of drug-likeness (QED) is 0.656. The predicted octanol–water partition coefficient (Wildman–Crippen LogP) is 4.92. The smallest absolute Gasteiger partial charge is 0.411 e. The summed E-state index contributed by atoms with van der Waals surface area (Å²) in [4.78, 5) is 34.5. The van der Waals surface area contributed by atoms with Crippen LogP contribution < -0.4 is 5.56 Å². The molecule has 1 saturated heterocycles. The fourth-order valence-electron chi connectivity index (χ4n) is 5.36. The van der Waals surface area contributed by atoms with Gasteiger partial charge in [0.1, 0.15) is 5.60 Å². The molecule has 2 aromatic heterocycles. The van der Waals surface area contributed by atoms with Crippen molar-refractivity contribution in [2.75, 3.05) is 0 Å². The Balaban J connectivity index is 1.38. The summed E-state index contributed by atoms with van der Waals surface area (Å²) in [6, 6.07) is 14.1. The number of aromatic amines is 1. The number of benzene rings is 1. The van der Waals surface area contributed by atoms with Crippen molar-refractivity contribution in [2.24, 2.45) is 0 Å². The lowest BCUT2D eigenvalue weighted by Gasteiger charge is -2.38. The van der Waals surface area contributed by atoms with Crippen molar-refractivity contribution in [1.29, 1.82) is 0 Å². The molecule has 6 nitrogen and oxygen atoms in total. The summed E-state index contributed by atoms with van der Waals surface area (Å²) < 4.78 is 5.79. The van der Waals surface area contributed by atoms with Crippen molar-refractivity contribution in [2.45, 2.75) is 63.1 Å². The zero-order chi connectivity index (χ0) is 21.6. The van der Waals surface area contributed by atoms with Crippen LogP contribution in [-0.2, 0) is 4.74 Å². The first-order valence-corrected chi connectivity index (χ1v) is 11.0. The van der Waals surface area contributed by atoms with Crippen LogP contribution in [0.3, 0.4) is 0 Å². The van der Waals surface area contributed by atoms with E-state index in [1.807, 2.05) is 49.1 Å². The van der Waals surface area contributed by atoms with Gasteiger partial charge in [-0.25, -0.2) is 4.79 Å². The second-order valence-electron chi connectivity index (χ2n) is 9.21. The van der Waals surface area contributed by atoms with Crippen LogP contribution in [0.15, 0.2) is 59.7 Å². The normalized spacial score (nSPS) is 25.5. The lowest BCUT2D eigenvalue weighted by atomic mass is 9.80. The molecule has 0 bridgehead atoms. The second-order valence-corrected chi connectivity index (χ2v) is 9.21. The maximum atomic E-state index is 12.9. The minimum atomic E-state index is -0.585. The molecule has 3 heterocycles. The van der Waals surface area contributed by atoms with Crippen molar-refractivity contribution in [3.63, 3.8) is 0 Å². The largest absolute Gasteiger partial charge is 0.441 e. The molecule has 160 valence electrons. The first-order valence-electron chi connectivity index (χ1n) is 11.0. The molecule has 0 radical (unpaired) electrons. The Hall–Kier alpha value is -3.15. The standard InChI is InChI=1S/C25H27N3O3/c1-25(2)22(17-6-4-3-5-7-17)28(24(30)31-25)19-10-8-16(9-11-19)20-14-18-12-13-26-15-21(18)27-23(20)29/h3-7,12-16,19,22H,8-11H2,1-2H3,(H,27,29). The van der Waals surface area contributed by atoms with Gasteiger partial charge in [0, 0.05) is 23.2 Å². The Bertz CT molecular complexity index is 1160.